The highest BCUT2D eigenvalue weighted by molar-refractivity contribution is 7.92. The molecular weight excluding hydrogens is 467 g/mol. The molecule has 1 aliphatic carbocycles. The monoisotopic (exact) mass is 490 g/mol. The van der Waals surface area contributed by atoms with Crippen LogP contribution in [0.3, 0.4) is 0 Å². The molecule has 2 aromatic carbocycles. The summed E-state index contributed by atoms with van der Waals surface area (Å²) >= 11 is 0. The van der Waals surface area contributed by atoms with Gasteiger partial charge in [0.1, 0.15) is 17.8 Å². The molecule has 0 aliphatic heterocycles. The number of aromatic nitrogens is 1. The maximum absolute atomic E-state index is 14.1. The highest BCUT2D eigenvalue weighted by Crippen LogP contribution is 2.34. The molecule has 1 heterocycles. The van der Waals surface area contributed by atoms with Crippen molar-refractivity contribution in [3.63, 3.8) is 0 Å². The number of ether oxygens (including phenoxy) is 1. The molecule has 3 aromatic rings. The summed E-state index contributed by atoms with van der Waals surface area (Å²) in [5.74, 6) is -2.36. The Hall–Kier alpha value is -3.44. The summed E-state index contributed by atoms with van der Waals surface area (Å²) in [7, 11) is -3.09. The van der Waals surface area contributed by atoms with Crippen molar-refractivity contribution < 1.29 is 37.0 Å². The van der Waals surface area contributed by atoms with Gasteiger partial charge < -0.3 is 19.4 Å². The van der Waals surface area contributed by atoms with Crippen molar-refractivity contribution in [3.05, 3.63) is 59.6 Å². The average Bonchev–Trinajstić information content (AvgIpc) is 3.31. The van der Waals surface area contributed by atoms with Gasteiger partial charge in [0.05, 0.1) is 24.5 Å². The fraction of sp³-hybridized carbons (Fsp3) is 0.304. The van der Waals surface area contributed by atoms with Gasteiger partial charge in [-0.2, -0.15) is 13.4 Å². The maximum atomic E-state index is 14.1. The highest BCUT2D eigenvalue weighted by Gasteiger charge is 2.25. The zero-order valence-electron chi connectivity index (χ0n) is 18.2. The van der Waals surface area contributed by atoms with Gasteiger partial charge in [-0.25, -0.2) is 9.18 Å². The van der Waals surface area contributed by atoms with E-state index in [1.165, 1.54) is 7.11 Å². The van der Waals surface area contributed by atoms with Crippen molar-refractivity contribution >= 4 is 21.7 Å². The van der Waals surface area contributed by atoms with Crippen molar-refractivity contribution in [2.24, 2.45) is 0 Å². The summed E-state index contributed by atoms with van der Waals surface area (Å²) in [5, 5.41) is 18.3. The topological polar surface area (TPSA) is 139 Å². The molecule has 0 radical (unpaired) electrons. The highest BCUT2D eigenvalue weighted by atomic mass is 32.2. The summed E-state index contributed by atoms with van der Waals surface area (Å²) in [6, 6.07) is 9.07. The Morgan fingerprint density at radius 1 is 1.18 bits per heavy atom. The van der Waals surface area contributed by atoms with Gasteiger partial charge in [-0.15, -0.1) is 0 Å². The van der Waals surface area contributed by atoms with E-state index in [-0.39, 0.29) is 23.4 Å². The van der Waals surface area contributed by atoms with Gasteiger partial charge in [0.2, 0.25) is 10.9 Å². The van der Waals surface area contributed by atoms with Crippen LogP contribution in [-0.4, -0.2) is 42.8 Å². The van der Waals surface area contributed by atoms with Crippen LogP contribution in [0.1, 0.15) is 47.5 Å². The minimum atomic E-state index is -4.29. The Balaban J connectivity index is 1.53. The molecule has 1 fully saturated rings. The summed E-state index contributed by atoms with van der Waals surface area (Å²) in [5.41, 5.74) is 0.777. The van der Waals surface area contributed by atoms with E-state index in [9.17, 15) is 22.7 Å². The molecule has 0 saturated heterocycles. The molecule has 3 N–H and O–H groups in total. The van der Waals surface area contributed by atoms with E-state index in [2.05, 4.69) is 9.71 Å². The van der Waals surface area contributed by atoms with Crippen LogP contribution in [0.5, 0.6) is 5.75 Å². The molecular formula is C23H23FN2O7S. The van der Waals surface area contributed by atoms with Crippen molar-refractivity contribution in [1.82, 2.24) is 4.98 Å². The zero-order chi connectivity index (χ0) is 24.5. The summed E-state index contributed by atoms with van der Waals surface area (Å²) < 4.78 is 52.2. The first-order chi connectivity index (χ1) is 16.2. The molecule has 0 amide bonds. The fourth-order valence-corrected chi connectivity index (χ4v) is 4.92. The first kappa shape index (κ1) is 23.7. The lowest BCUT2D eigenvalue weighted by Gasteiger charge is -2.25. The lowest BCUT2D eigenvalue weighted by atomic mass is 9.82. The van der Waals surface area contributed by atoms with Gasteiger partial charge in [-0.1, -0.05) is 12.1 Å². The van der Waals surface area contributed by atoms with Crippen molar-refractivity contribution in [2.75, 3.05) is 11.8 Å². The number of hydrogen-bond donors (Lipinski definition) is 3. The number of nitrogens with one attached hydrogen (secondary N) is 1. The van der Waals surface area contributed by atoms with Crippen LogP contribution in [-0.2, 0) is 10.0 Å². The Labute approximate surface area is 195 Å². The van der Waals surface area contributed by atoms with E-state index >= 15 is 0 Å². The number of halogens is 1. The molecule has 1 aromatic heterocycles. The quantitative estimate of drug-likeness (QED) is 0.452. The molecule has 1 saturated carbocycles. The van der Waals surface area contributed by atoms with Crippen LogP contribution in [0.2, 0.25) is 0 Å². The number of aliphatic hydroxyl groups is 1. The number of rotatable bonds is 7. The number of aliphatic hydroxyl groups excluding tert-OH is 1. The maximum Gasteiger partial charge on any atom is 0.338 e. The molecule has 180 valence electrons. The van der Waals surface area contributed by atoms with Crippen LogP contribution in [0.15, 0.2) is 52.1 Å². The lowest BCUT2D eigenvalue weighted by molar-refractivity contribution is 0.0691. The second kappa shape index (κ2) is 9.43. The predicted octanol–water partition coefficient (Wildman–Crippen LogP) is 4.01. The summed E-state index contributed by atoms with van der Waals surface area (Å²) in [6.45, 7) is 0. The van der Waals surface area contributed by atoms with Crippen LogP contribution < -0.4 is 9.46 Å². The van der Waals surface area contributed by atoms with E-state index in [0.717, 1.165) is 49.6 Å². The van der Waals surface area contributed by atoms with Crippen molar-refractivity contribution in [1.29, 1.82) is 0 Å². The third kappa shape index (κ3) is 4.90. The largest absolute Gasteiger partial charge is 0.495 e. The average molecular weight is 491 g/mol. The van der Waals surface area contributed by atoms with Gasteiger partial charge in [0.25, 0.3) is 10.0 Å². The predicted molar refractivity (Wildman–Crippen MR) is 120 cm³/mol. The van der Waals surface area contributed by atoms with Crippen LogP contribution in [0, 0.1) is 5.82 Å². The molecule has 9 nitrogen and oxygen atoms in total. The molecule has 0 atom stereocenters. The molecule has 0 unspecified atom stereocenters. The van der Waals surface area contributed by atoms with E-state index < -0.39 is 32.4 Å². The number of sulfonamides is 1. The number of nitrogens with zero attached hydrogens (tertiary/aromatic N) is 1. The minimum absolute atomic E-state index is 0.0883. The van der Waals surface area contributed by atoms with Crippen molar-refractivity contribution in [3.8, 4) is 17.2 Å². The Morgan fingerprint density at radius 3 is 2.47 bits per heavy atom. The first-order valence-electron chi connectivity index (χ1n) is 10.6. The van der Waals surface area contributed by atoms with Gasteiger partial charge >= 0.3 is 5.97 Å². The molecule has 11 heteroatoms. The summed E-state index contributed by atoms with van der Waals surface area (Å²) in [6.07, 6.45) is 4.09. The molecule has 34 heavy (non-hydrogen) atoms. The Kier molecular flexibility index (Phi) is 6.58. The number of anilines is 1. The Bertz CT molecular complexity index is 1300. The summed E-state index contributed by atoms with van der Waals surface area (Å²) in [4.78, 5) is 15.1. The van der Waals surface area contributed by atoms with E-state index in [1.54, 1.807) is 12.1 Å². The third-order valence-corrected chi connectivity index (χ3v) is 7.07. The number of methoxy groups -OCH3 is 1. The fourth-order valence-electron chi connectivity index (χ4n) is 3.99. The van der Waals surface area contributed by atoms with Crippen LogP contribution in [0.25, 0.3) is 11.5 Å². The number of carboxylic acids is 1. The van der Waals surface area contributed by atoms with Gasteiger partial charge in [-0.3, -0.25) is 4.72 Å². The second-order valence-corrected chi connectivity index (χ2v) is 9.69. The van der Waals surface area contributed by atoms with Gasteiger partial charge in [-0.05, 0) is 55.4 Å². The number of carbonyl (C=O) groups is 1. The number of carboxylic acid groups (broad SMARTS) is 1. The Morgan fingerprint density at radius 2 is 1.85 bits per heavy atom. The van der Waals surface area contributed by atoms with E-state index in [0.29, 0.717) is 11.5 Å². The molecule has 0 bridgehead atoms. The smallest absolute Gasteiger partial charge is 0.338 e. The number of oxazole rings is 1. The van der Waals surface area contributed by atoms with Gasteiger partial charge in [0.15, 0.2) is 0 Å². The van der Waals surface area contributed by atoms with Crippen molar-refractivity contribution in [2.45, 2.75) is 42.7 Å². The lowest BCUT2D eigenvalue weighted by Crippen LogP contribution is -2.16. The molecule has 4 rings (SSSR count). The number of hydrogen-bond acceptors (Lipinski definition) is 7. The SMILES string of the molecule is COc1cc(C(=O)O)c(F)cc1NS(=O)(=O)c1coc(-c2ccc(C3CCC(O)CC3)cc2)n1. The van der Waals surface area contributed by atoms with Crippen LogP contribution >= 0.6 is 0 Å². The van der Waals surface area contributed by atoms with Gasteiger partial charge in [0, 0.05) is 11.6 Å². The molecule has 0 spiro atoms. The number of benzene rings is 2. The third-order valence-electron chi connectivity index (χ3n) is 5.85. The van der Waals surface area contributed by atoms with Crippen LogP contribution in [0.4, 0.5) is 10.1 Å². The standard InChI is InChI=1S/C23H23FN2O7S/c1-32-20-10-17(23(28)29)18(24)11-19(20)26-34(30,31)21-12-33-22(25-21)15-4-2-13(3-5-15)14-6-8-16(27)9-7-14/h2-5,10-12,14,16,26-27H,6-9H2,1H3,(H,28,29). The first-order valence-corrected chi connectivity index (χ1v) is 12.0. The zero-order valence-corrected chi connectivity index (χ0v) is 19.0. The van der Waals surface area contributed by atoms with E-state index in [1.807, 2.05) is 12.1 Å². The molecule has 1 aliphatic rings. The second-order valence-electron chi connectivity index (χ2n) is 8.06. The normalized spacial score (nSPS) is 18.4. The van der Waals surface area contributed by atoms with E-state index in [4.69, 9.17) is 14.3 Å². The minimum Gasteiger partial charge on any atom is -0.495 e. The number of aromatic carboxylic acids is 1.